The zero-order valence-electron chi connectivity index (χ0n) is 13.5. The van der Waals surface area contributed by atoms with E-state index >= 15 is 0 Å². The van der Waals surface area contributed by atoms with Crippen molar-refractivity contribution >= 4 is 0 Å². The van der Waals surface area contributed by atoms with Crippen LogP contribution in [0.3, 0.4) is 0 Å². The smallest absolute Gasteiger partial charge is 0.0325 e. The molecule has 1 atom stereocenters. The molecule has 0 bridgehead atoms. The first kappa shape index (κ1) is 15.8. The summed E-state index contributed by atoms with van der Waals surface area (Å²) in [6, 6.07) is 20.2. The van der Waals surface area contributed by atoms with E-state index < -0.39 is 0 Å². The highest BCUT2D eigenvalue weighted by Gasteiger charge is 2.12. The quantitative estimate of drug-likeness (QED) is 0.742. The first-order chi connectivity index (χ1) is 10.2. The van der Waals surface area contributed by atoms with Gasteiger partial charge in [0.05, 0.1) is 0 Å². The van der Waals surface area contributed by atoms with Crippen molar-refractivity contribution in [3.8, 4) is 0 Å². The number of rotatable bonds is 7. The van der Waals surface area contributed by atoms with Crippen molar-refractivity contribution in [1.29, 1.82) is 0 Å². The number of hydrogen-bond donors (Lipinski definition) is 1. The molecule has 0 amide bonds. The van der Waals surface area contributed by atoms with Gasteiger partial charge in [-0.05, 0) is 35.4 Å². The molecule has 0 radical (unpaired) electrons. The molecule has 2 rings (SSSR count). The highest BCUT2D eigenvalue weighted by molar-refractivity contribution is 5.23. The lowest BCUT2D eigenvalue weighted by molar-refractivity contribution is 0.428. The maximum atomic E-state index is 3.72. The van der Waals surface area contributed by atoms with E-state index in [9.17, 15) is 0 Å². The normalized spacial score (nSPS) is 12.6. The lowest BCUT2D eigenvalue weighted by atomic mass is 9.96. The molecule has 0 saturated heterocycles. The lowest BCUT2D eigenvalue weighted by Gasteiger charge is -2.21. The van der Waals surface area contributed by atoms with Crippen LogP contribution in [0.25, 0.3) is 0 Å². The minimum absolute atomic E-state index is 0.428. The van der Waals surface area contributed by atoms with Crippen molar-refractivity contribution in [2.75, 3.05) is 0 Å². The summed E-state index contributed by atoms with van der Waals surface area (Å²) >= 11 is 0. The lowest BCUT2D eigenvalue weighted by Crippen LogP contribution is -2.22. The van der Waals surface area contributed by atoms with Gasteiger partial charge in [-0.2, -0.15) is 0 Å². The van der Waals surface area contributed by atoms with Gasteiger partial charge in [0.25, 0.3) is 0 Å². The van der Waals surface area contributed by atoms with Crippen molar-refractivity contribution in [2.24, 2.45) is 5.92 Å². The van der Waals surface area contributed by atoms with Crippen LogP contribution in [0.5, 0.6) is 0 Å². The zero-order chi connectivity index (χ0) is 15.1. The Morgan fingerprint density at radius 2 is 1.48 bits per heavy atom. The summed E-state index contributed by atoms with van der Waals surface area (Å²) in [5.41, 5.74) is 4.15. The van der Waals surface area contributed by atoms with Gasteiger partial charge in [-0.1, -0.05) is 75.4 Å². The van der Waals surface area contributed by atoms with Gasteiger partial charge in [-0.15, -0.1) is 0 Å². The molecule has 0 aliphatic rings. The first-order valence-electron chi connectivity index (χ1n) is 8.05. The van der Waals surface area contributed by atoms with E-state index in [2.05, 4.69) is 80.7 Å². The van der Waals surface area contributed by atoms with Crippen LogP contribution in [0.1, 0.15) is 49.9 Å². The highest BCUT2D eigenvalue weighted by Crippen LogP contribution is 2.21. The van der Waals surface area contributed by atoms with Gasteiger partial charge in [0.15, 0.2) is 0 Å². The number of nitrogens with one attached hydrogen (secondary N) is 1. The molecule has 0 fully saturated rings. The van der Waals surface area contributed by atoms with E-state index in [0.717, 1.165) is 19.4 Å². The predicted octanol–water partition coefficient (Wildman–Crippen LogP) is 5.13. The third-order valence-corrected chi connectivity index (χ3v) is 3.89. The predicted molar refractivity (Wildman–Crippen MR) is 91.3 cm³/mol. The van der Waals surface area contributed by atoms with Crippen LogP contribution in [-0.2, 0) is 13.0 Å². The van der Waals surface area contributed by atoms with Crippen molar-refractivity contribution in [3.63, 3.8) is 0 Å². The van der Waals surface area contributed by atoms with Gasteiger partial charge in [-0.3, -0.25) is 0 Å². The topological polar surface area (TPSA) is 12.0 Å². The van der Waals surface area contributed by atoms with Crippen molar-refractivity contribution < 1.29 is 0 Å². The van der Waals surface area contributed by atoms with Crippen molar-refractivity contribution in [3.05, 3.63) is 71.3 Å². The average Bonchev–Trinajstić information content (AvgIpc) is 2.52. The van der Waals surface area contributed by atoms with E-state index in [1.54, 1.807) is 0 Å². The Labute approximate surface area is 129 Å². The molecule has 2 aromatic carbocycles. The molecule has 21 heavy (non-hydrogen) atoms. The summed E-state index contributed by atoms with van der Waals surface area (Å²) in [5.74, 6) is 0.685. The average molecular weight is 281 g/mol. The fourth-order valence-electron chi connectivity index (χ4n) is 2.63. The van der Waals surface area contributed by atoms with Crippen LogP contribution in [-0.4, -0.2) is 0 Å². The largest absolute Gasteiger partial charge is 0.306 e. The van der Waals surface area contributed by atoms with Gasteiger partial charge in [0.2, 0.25) is 0 Å². The van der Waals surface area contributed by atoms with E-state index in [1.165, 1.54) is 16.7 Å². The second kappa shape index (κ2) is 7.99. The molecule has 0 saturated carbocycles. The second-order valence-corrected chi connectivity index (χ2v) is 6.14. The molecule has 0 spiro atoms. The van der Waals surface area contributed by atoms with E-state index in [4.69, 9.17) is 0 Å². The maximum Gasteiger partial charge on any atom is 0.0325 e. The Morgan fingerprint density at radius 3 is 2.05 bits per heavy atom. The second-order valence-electron chi connectivity index (χ2n) is 6.14. The third kappa shape index (κ3) is 5.02. The Hall–Kier alpha value is -1.60. The molecule has 1 heteroatoms. The summed E-state index contributed by atoms with van der Waals surface area (Å²) in [5, 5.41) is 3.72. The van der Waals surface area contributed by atoms with Crippen molar-refractivity contribution in [1.82, 2.24) is 5.32 Å². The molecule has 0 aliphatic carbocycles. The van der Waals surface area contributed by atoms with Crippen LogP contribution >= 0.6 is 0 Å². The Balaban J connectivity index is 2.01. The van der Waals surface area contributed by atoms with Crippen LogP contribution < -0.4 is 5.32 Å². The van der Waals surface area contributed by atoms with E-state index in [-0.39, 0.29) is 0 Å². The molecule has 0 heterocycles. The van der Waals surface area contributed by atoms with E-state index in [1.807, 2.05) is 0 Å². The zero-order valence-corrected chi connectivity index (χ0v) is 13.5. The molecule has 0 aromatic heterocycles. The highest BCUT2D eigenvalue weighted by atomic mass is 14.9. The molecule has 1 nitrogen and oxygen atoms in total. The SMILES string of the molecule is CCc1ccc(CNC(CC(C)C)c2ccccc2)cc1. The van der Waals surface area contributed by atoms with Crippen LogP contribution in [0, 0.1) is 5.92 Å². The maximum absolute atomic E-state index is 3.72. The fraction of sp³-hybridized carbons (Fsp3) is 0.400. The number of benzene rings is 2. The molecular formula is C20H27N. The molecule has 112 valence electrons. The molecule has 1 N–H and O–H groups in total. The molecule has 1 unspecified atom stereocenters. The Bertz CT molecular complexity index is 513. The van der Waals surface area contributed by atoms with Gasteiger partial charge < -0.3 is 5.32 Å². The van der Waals surface area contributed by atoms with Gasteiger partial charge >= 0.3 is 0 Å². The van der Waals surface area contributed by atoms with Crippen LogP contribution in [0.4, 0.5) is 0 Å². The number of aryl methyl sites for hydroxylation is 1. The summed E-state index contributed by atoms with van der Waals surface area (Å²) in [4.78, 5) is 0. The minimum Gasteiger partial charge on any atom is -0.306 e. The van der Waals surface area contributed by atoms with Crippen LogP contribution in [0.2, 0.25) is 0 Å². The first-order valence-corrected chi connectivity index (χ1v) is 8.05. The van der Waals surface area contributed by atoms with Gasteiger partial charge in [0, 0.05) is 12.6 Å². The summed E-state index contributed by atoms with van der Waals surface area (Å²) in [6.45, 7) is 7.69. The third-order valence-electron chi connectivity index (χ3n) is 3.89. The Kier molecular flexibility index (Phi) is 6.01. The minimum atomic E-state index is 0.428. The number of hydrogen-bond acceptors (Lipinski definition) is 1. The standard InChI is InChI=1S/C20H27N/c1-4-17-10-12-18(13-11-17)15-21-20(14-16(2)3)19-8-6-5-7-9-19/h5-13,16,20-21H,4,14-15H2,1-3H3. The fourth-order valence-corrected chi connectivity index (χ4v) is 2.63. The summed E-state index contributed by atoms with van der Waals surface area (Å²) in [7, 11) is 0. The summed E-state index contributed by atoms with van der Waals surface area (Å²) < 4.78 is 0. The van der Waals surface area contributed by atoms with E-state index in [0.29, 0.717) is 12.0 Å². The molecular weight excluding hydrogens is 254 g/mol. The Morgan fingerprint density at radius 1 is 0.857 bits per heavy atom. The summed E-state index contributed by atoms with van der Waals surface area (Å²) in [6.07, 6.45) is 2.27. The molecule has 0 aliphatic heterocycles. The van der Waals surface area contributed by atoms with Gasteiger partial charge in [0.1, 0.15) is 0 Å². The van der Waals surface area contributed by atoms with Crippen molar-refractivity contribution in [2.45, 2.75) is 46.2 Å². The van der Waals surface area contributed by atoms with Gasteiger partial charge in [-0.25, -0.2) is 0 Å². The monoisotopic (exact) mass is 281 g/mol. The van der Waals surface area contributed by atoms with Crippen LogP contribution in [0.15, 0.2) is 54.6 Å². The molecule has 2 aromatic rings.